The molecular weight excluding hydrogens is 312 g/mol. The highest BCUT2D eigenvalue weighted by Gasteiger charge is 2.62. The second-order valence-corrected chi connectivity index (χ2v) is 8.96. The van der Waals surface area contributed by atoms with Gasteiger partial charge < -0.3 is 14.6 Å². The molecule has 2 fully saturated rings. The summed E-state index contributed by atoms with van der Waals surface area (Å²) in [7, 11) is 0. The average molecular weight is 344 g/mol. The van der Waals surface area contributed by atoms with Crippen LogP contribution < -0.4 is 0 Å². The van der Waals surface area contributed by atoms with Gasteiger partial charge in [-0.3, -0.25) is 0 Å². The van der Waals surface area contributed by atoms with E-state index in [1.165, 1.54) is 30.4 Å². The third-order valence-corrected chi connectivity index (χ3v) is 7.18. The zero-order valence-corrected chi connectivity index (χ0v) is 16.1. The van der Waals surface area contributed by atoms with Crippen molar-refractivity contribution in [2.24, 2.45) is 11.3 Å². The van der Waals surface area contributed by atoms with Crippen LogP contribution in [0.5, 0.6) is 5.75 Å². The molecule has 1 saturated heterocycles. The van der Waals surface area contributed by atoms with Gasteiger partial charge in [-0.05, 0) is 72.6 Å². The normalized spacial score (nSPS) is 36.8. The van der Waals surface area contributed by atoms with E-state index in [4.69, 9.17) is 9.47 Å². The maximum atomic E-state index is 10.7. The van der Waals surface area contributed by atoms with Crippen LogP contribution in [0.25, 0.3) is 0 Å². The molecule has 0 radical (unpaired) electrons. The van der Waals surface area contributed by atoms with Gasteiger partial charge in [-0.2, -0.15) is 0 Å². The van der Waals surface area contributed by atoms with Crippen molar-refractivity contribution >= 4 is 0 Å². The van der Waals surface area contributed by atoms with E-state index < -0.39 is 0 Å². The van der Waals surface area contributed by atoms with Crippen molar-refractivity contribution in [1.29, 1.82) is 0 Å². The first-order valence-electron chi connectivity index (χ1n) is 10.0. The second kappa shape index (κ2) is 5.99. The number of hydrogen-bond acceptors (Lipinski definition) is 3. The number of rotatable bonds is 3. The monoisotopic (exact) mass is 344 g/mol. The maximum Gasteiger partial charge on any atom is 0.167 e. The Morgan fingerprint density at radius 1 is 1.32 bits per heavy atom. The van der Waals surface area contributed by atoms with Crippen LogP contribution in [0, 0.1) is 11.3 Å². The molecule has 0 aromatic heterocycles. The van der Waals surface area contributed by atoms with Crippen LogP contribution in [0.4, 0.5) is 0 Å². The summed E-state index contributed by atoms with van der Waals surface area (Å²) in [5.41, 5.74) is 3.90. The molecule has 2 aliphatic carbocycles. The average Bonchev–Trinajstić information content (AvgIpc) is 2.57. The molecule has 3 nitrogen and oxygen atoms in total. The van der Waals surface area contributed by atoms with Gasteiger partial charge in [0.15, 0.2) is 6.29 Å². The molecule has 1 aromatic rings. The summed E-state index contributed by atoms with van der Waals surface area (Å²) < 4.78 is 12.5. The summed E-state index contributed by atoms with van der Waals surface area (Å²) in [5.74, 6) is 1.36. The van der Waals surface area contributed by atoms with Gasteiger partial charge in [0, 0.05) is 6.61 Å². The fourth-order valence-electron chi connectivity index (χ4n) is 6.08. The van der Waals surface area contributed by atoms with E-state index in [-0.39, 0.29) is 17.1 Å². The van der Waals surface area contributed by atoms with Crippen molar-refractivity contribution < 1.29 is 14.6 Å². The molecule has 0 amide bonds. The van der Waals surface area contributed by atoms with Crippen molar-refractivity contribution in [2.75, 3.05) is 13.2 Å². The molecule has 1 aromatic carbocycles. The first-order valence-corrected chi connectivity index (χ1v) is 10.0. The van der Waals surface area contributed by atoms with E-state index >= 15 is 0 Å². The topological polar surface area (TPSA) is 38.7 Å². The lowest BCUT2D eigenvalue weighted by Crippen LogP contribution is -2.63. The van der Waals surface area contributed by atoms with Crippen LogP contribution in [-0.2, 0) is 21.3 Å². The van der Waals surface area contributed by atoms with Crippen molar-refractivity contribution in [3.8, 4) is 5.75 Å². The van der Waals surface area contributed by atoms with E-state index in [1.807, 2.05) is 0 Å². The molecule has 138 valence electrons. The molecule has 4 rings (SSSR count). The first-order chi connectivity index (χ1) is 11.9. The zero-order valence-electron chi connectivity index (χ0n) is 16.1. The minimum atomic E-state index is -0.181. The van der Waals surface area contributed by atoms with Crippen LogP contribution in [-0.4, -0.2) is 24.6 Å². The lowest BCUT2D eigenvalue weighted by molar-refractivity contribution is -0.274. The number of hydrogen-bond donors (Lipinski definition) is 1. The Bertz CT molecular complexity index is 667. The van der Waals surface area contributed by atoms with Gasteiger partial charge in [0.2, 0.25) is 0 Å². The minimum absolute atomic E-state index is 0.0954. The Kier molecular flexibility index (Phi) is 4.16. The van der Waals surface area contributed by atoms with E-state index in [9.17, 15) is 5.11 Å². The molecule has 0 spiro atoms. The van der Waals surface area contributed by atoms with Crippen molar-refractivity contribution in [3.63, 3.8) is 0 Å². The molecule has 3 heteroatoms. The van der Waals surface area contributed by atoms with Crippen LogP contribution in [0.1, 0.15) is 76.0 Å². The predicted octanol–water partition coefficient (Wildman–Crippen LogP) is 4.90. The molecule has 1 N–H and O–H groups in total. The summed E-state index contributed by atoms with van der Waals surface area (Å²) in [6.07, 6.45) is 5.69. The van der Waals surface area contributed by atoms with Gasteiger partial charge in [0.25, 0.3) is 0 Å². The number of aryl methyl sites for hydroxylation is 1. The molecule has 2 bridgehead atoms. The number of aromatic hydroxyl groups is 1. The number of fused-ring (bicyclic) bond motifs is 1. The first kappa shape index (κ1) is 17.4. The summed E-state index contributed by atoms with van der Waals surface area (Å²) in [4.78, 5) is 0. The van der Waals surface area contributed by atoms with Crippen LogP contribution in [0.3, 0.4) is 0 Å². The van der Waals surface area contributed by atoms with E-state index in [0.717, 1.165) is 25.0 Å². The Labute approximate surface area is 151 Å². The largest absolute Gasteiger partial charge is 0.508 e. The molecule has 1 aliphatic heterocycles. The number of ether oxygens (including phenoxy) is 2. The van der Waals surface area contributed by atoms with Crippen molar-refractivity contribution in [3.05, 3.63) is 28.8 Å². The Morgan fingerprint density at radius 2 is 2.12 bits per heavy atom. The lowest BCUT2D eigenvalue weighted by atomic mass is 9.47. The van der Waals surface area contributed by atoms with E-state index in [1.54, 1.807) is 0 Å². The van der Waals surface area contributed by atoms with Gasteiger partial charge in [-0.15, -0.1) is 0 Å². The fraction of sp³-hybridized carbons (Fsp3) is 0.727. The molecule has 0 unspecified atom stereocenters. The fourth-order valence-corrected chi connectivity index (χ4v) is 6.08. The van der Waals surface area contributed by atoms with E-state index in [2.05, 4.69) is 39.8 Å². The number of benzene rings is 1. The molecule has 4 atom stereocenters. The number of phenols is 1. The molecule has 3 aliphatic rings. The van der Waals surface area contributed by atoms with E-state index in [0.29, 0.717) is 24.2 Å². The third-order valence-electron chi connectivity index (χ3n) is 7.18. The standard InChI is InChI=1S/C22H32O3/c1-5-24-20-22-10-6-9-21(4,13-25-20)19(22)8-7-15-11-16(14(2)3)18(23)12-17(15)22/h11-12,14,19-20,23H,5-10,13H2,1-4H3/t19-,20+,21+,22-/m0/s1. The highest BCUT2D eigenvalue weighted by molar-refractivity contribution is 5.50. The van der Waals surface area contributed by atoms with Crippen molar-refractivity contribution in [2.45, 2.75) is 77.4 Å². The van der Waals surface area contributed by atoms with Crippen LogP contribution >= 0.6 is 0 Å². The highest BCUT2D eigenvalue weighted by atomic mass is 16.7. The van der Waals surface area contributed by atoms with Gasteiger partial charge in [-0.1, -0.05) is 33.3 Å². The highest BCUT2D eigenvalue weighted by Crippen LogP contribution is 2.62. The SMILES string of the molecule is CCO[C@@H]1OC[C@@]2(C)CCC[C@@]13c1cc(O)c(C(C)C)cc1CC[C@@H]23. The smallest absolute Gasteiger partial charge is 0.167 e. The summed E-state index contributed by atoms with van der Waals surface area (Å²) >= 11 is 0. The third kappa shape index (κ3) is 2.39. The number of phenolic OH excluding ortho intramolecular Hbond substituents is 1. The Morgan fingerprint density at radius 3 is 2.84 bits per heavy atom. The summed E-state index contributed by atoms with van der Waals surface area (Å²) in [5, 5.41) is 10.7. The summed E-state index contributed by atoms with van der Waals surface area (Å²) in [6.45, 7) is 10.2. The zero-order chi connectivity index (χ0) is 17.8. The quantitative estimate of drug-likeness (QED) is 0.848. The van der Waals surface area contributed by atoms with Crippen LogP contribution in [0.15, 0.2) is 12.1 Å². The molecule has 25 heavy (non-hydrogen) atoms. The van der Waals surface area contributed by atoms with Crippen molar-refractivity contribution in [1.82, 2.24) is 0 Å². The predicted molar refractivity (Wildman–Crippen MR) is 99.0 cm³/mol. The minimum Gasteiger partial charge on any atom is -0.508 e. The maximum absolute atomic E-state index is 10.7. The van der Waals surface area contributed by atoms with Crippen LogP contribution in [0.2, 0.25) is 0 Å². The van der Waals surface area contributed by atoms with Gasteiger partial charge in [0.1, 0.15) is 5.75 Å². The molecule has 1 heterocycles. The summed E-state index contributed by atoms with van der Waals surface area (Å²) in [6, 6.07) is 4.31. The van der Waals surface area contributed by atoms with Gasteiger partial charge in [0.05, 0.1) is 12.0 Å². The second-order valence-electron chi connectivity index (χ2n) is 8.96. The molecular formula is C22H32O3. The molecule has 1 saturated carbocycles. The Balaban J connectivity index is 1.90. The Hall–Kier alpha value is -1.06. The lowest BCUT2D eigenvalue weighted by Gasteiger charge is -2.62. The van der Waals surface area contributed by atoms with Gasteiger partial charge >= 0.3 is 0 Å². The van der Waals surface area contributed by atoms with Gasteiger partial charge in [-0.25, -0.2) is 0 Å².